The molecule has 0 saturated heterocycles. The predicted octanol–water partition coefficient (Wildman–Crippen LogP) is 1.41. The van der Waals surface area contributed by atoms with Crippen molar-refractivity contribution in [2.75, 3.05) is 6.56 Å². The Morgan fingerprint density at radius 3 is 2.57 bits per heavy atom. The Kier molecular flexibility index (Phi) is 0.868. The van der Waals surface area contributed by atoms with Crippen molar-refractivity contribution in [3.05, 3.63) is 0 Å². The first-order valence-electron chi connectivity index (χ1n) is 5.47. The van der Waals surface area contributed by atoms with Gasteiger partial charge in [0.05, 0.1) is 2.74 Å². The molecule has 1 nitrogen and oxygen atoms in total. The molecule has 0 amide bonds. The van der Waals surface area contributed by atoms with Gasteiger partial charge in [-0.25, -0.2) is 0 Å². The van der Waals surface area contributed by atoms with E-state index in [0.717, 1.165) is 13.8 Å². The smallest absolute Gasteiger partial charge is 0.0564 e. The summed E-state index contributed by atoms with van der Waals surface area (Å²) in [4.78, 5) is 0. The van der Waals surface area contributed by atoms with Crippen LogP contribution in [0.25, 0.3) is 0 Å². The highest BCUT2D eigenvalue weighted by molar-refractivity contribution is 4.42. The van der Waals surface area contributed by atoms with Crippen LogP contribution >= 0.6 is 0 Å². The molecule has 0 heterocycles. The maximum Gasteiger partial charge on any atom is 0.0564 e. The van der Waals surface area contributed by atoms with Crippen LogP contribution in [0, 0.1) is 5.89 Å². The summed E-state index contributed by atoms with van der Waals surface area (Å²) in [6, 6.07) is 0. The molecule has 0 unspecified atom stereocenters. The van der Waals surface area contributed by atoms with Crippen LogP contribution in [0.4, 0.5) is 0 Å². The standard InChI is InChI=1S/C6H14O/c1-6(2)4-3-5-7/h6-7H,3-5H2,1-2H3/i3D2,4D2,5D2,6D. The van der Waals surface area contributed by atoms with E-state index >= 15 is 0 Å². The summed E-state index contributed by atoms with van der Waals surface area (Å²) in [5.41, 5.74) is 0. The van der Waals surface area contributed by atoms with Gasteiger partial charge in [-0.2, -0.15) is 0 Å². The molecule has 0 aliphatic heterocycles. The molecule has 1 heteroatoms. The van der Waals surface area contributed by atoms with Crippen molar-refractivity contribution in [2.24, 2.45) is 5.89 Å². The van der Waals surface area contributed by atoms with Crippen LogP contribution in [-0.2, 0) is 0 Å². The molecule has 0 rings (SSSR count). The van der Waals surface area contributed by atoms with Gasteiger partial charge in [0.25, 0.3) is 0 Å². The van der Waals surface area contributed by atoms with E-state index in [0.29, 0.717) is 0 Å². The topological polar surface area (TPSA) is 20.2 Å². The Morgan fingerprint density at radius 2 is 2.43 bits per heavy atom. The molecule has 0 atom stereocenters. The highest BCUT2D eigenvalue weighted by Crippen LogP contribution is 2.00. The summed E-state index contributed by atoms with van der Waals surface area (Å²) < 4.78 is 50.0. The lowest BCUT2D eigenvalue weighted by atomic mass is 10.1. The van der Waals surface area contributed by atoms with Gasteiger partial charge in [-0.05, 0) is 18.6 Å². The molecule has 7 heavy (non-hydrogen) atoms. The highest BCUT2D eigenvalue weighted by atomic mass is 16.2. The lowest BCUT2D eigenvalue weighted by Gasteiger charge is -1.98. The third-order valence-electron chi connectivity index (χ3n) is 0.368. The van der Waals surface area contributed by atoms with E-state index < -0.39 is 25.2 Å². The van der Waals surface area contributed by atoms with E-state index in [2.05, 4.69) is 0 Å². The number of rotatable bonds is 3. The fourth-order valence-corrected chi connectivity index (χ4v) is 0.153. The van der Waals surface area contributed by atoms with Crippen LogP contribution in [0.1, 0.15) is 36.2 Å². The fraction of sp³-hybridized carbons (Fsp3) is 1.00. The number of aliphatic hydroxyl groups is 1. The molecule has 0 aliphatic carbocycles. The summed E-state index contributed by atoms with van der Waals surface area (Å²) in [7, 11) is 0. The second-order valence-corrected chi connectivity index (χ2v) is 1.36. The average Bonchev–Trinajstić information content (AvgIpc) is 1.81. The Hall–Kier alpha value is -0.0400. The summed E-state index contributed by atoms with van der Waals surface area (Å²) >= 11 is 0. The molecular formula is C6H14O. The van der Waals surface area contributed by atoms with Crippen LogP contribution in [0.2, 0.25) is 0 Å². The van der Waals surface area contributed by atoms with E-state index in [1.54, 1.807) is 0 Å². The lowest BCUT2D eigenvalue weighted by Crippen LogP contribution is -1.89. The van der Waals surface area contributed by atoms with Crippen molar-refractivity contribution in [1.29, 1.82) is 0 Å². The zero-order valence-electron chi connectivity index (χ0n) is 11.4. The van der Waals surface area contributed by atoms with Gasteiger partial charge in [-0.3, -0.25) is 0 Å². The first-order chi connectivity index (χ1) is 5.75. The second-order valence-electron chi connectivity index (χ2n) is 1.36. The third kappa shape index (κ3) is 5.96. The third-order valence-corrected chi connectivity index (χ3v) is 0.368. The lowest BCUT2D eigenvalue weighted by molar-refractivity contribution is 0.276. The van der Waals surface area contributed by atoms with Crippen molar-refractivity contribution in [3.8, 4) is 0 Å². The molecule has 44 valence electrons. The molecular weight excluding hydrogens is 88.1 g/mol. The van der Waals surface area contributed by atoms with Crippen molar-refractivity contribution in [1.82, 2.24) is 0 Å². The monoisotopic (exact) mass is 109 g/mol. The van der Waals surface area contributed by atoms with E-state index in [1.165, 1.54) is 0 Å². The van der Waals surface area contributed by atoms with Crippen molar-refractivity contribution >= 4 is 0 Å². The van der Waals surface area contributed by atoms with Crippen LogP contribution in [0.15, 0.2) is 0 Å². The zero-order chi connectivity index (χ0) is 12.0. The minimum Gasteiger partial charge on any atom is -0.396 e. The van der Waals surface area contributed by atoms with Gasteiger partial charge in [0, 0.05) is 13.4 Å². The van der Waals surface area contributed by atoms with Crippen molar-refractivity contribution < 1.29 is 14.7 Å². The molecule has 0 aromatic heterocycles. The summed E-state index contributed by atoms with van der Waals surface area (Å²) in [5.74, 6) is -1.85. The molecule has 0 aliphatic rings. The van der Waals surface area contributed by atoms with Gasteiger partial charge in [0.1, 0.15) is 0 Å². The Morgan fingerprint density at radius 1 is 1.86 bits per heavy atom. The maximum absolute atomic E-state index is 8.88. The van der Waals surface area contributed by atoms with Crippen LogP contribution in [-0.4, -0.2) is 11.7 Å². The molecule has 0 radical (unpaired) electrons. The Bertz CT molecular complexity index is 187. The van der Waals surface area contributed by atoms with E-state index in [1.807, 2.05) is 0 Å². The zero-order valence-corrected chi connectivity index (χ0v) is 4.45. The molecule has 0 aromatic carbocycles. The van der Waals surface area contributed by atoms with E-state index in [4.69, 9.17) is 14.7 Å². The molecule has 0 spiro atoms. The highest BCUT2D eigenvalue weighted by Gasteiger charge is 1.89. The molecule has 0 fully saturated rings. The summed E-state index contributed by atoms with van der Waals surface area (Å²) in [6.45, 7) is -1.08. The van der Waals surface area contributed by atoms with Crippen LogP contribution in [0.5, 0.6) is 0 Å². The van der Waals surface area contributed by atoms with Crippen molar-refractivity contribution in [2.45, 2.75) is 26.6 Å². The first kappa shape index (κ1) is 1.47. The van der Waals surface area contributed by atoms with Gasteiger partial charge in [-0.15, -0.1) is 0 Å². The van der Waals surface area contributed by atoms with Crippen molar-refractivity contribution in [3.63, 3.8) is 0 Å². The minimum atomic E-state index is -3.32. The molecule has 0 saturated carbocycles. The predicted molar refractivity (Wildman–Crippen MR) is 31.2 cm³/mol. The largest absolute Gasteiger partial charge is 0.396 e. The van der Waals surface area contributed by atoms with E-state index in [9.17, 15) is 0 Å². The number of hydrogen-bond donors (Lipinski definition) is 1. The second kappa shape index (κ2) is 4.13. The number of hydrogen-bond acceptors (Lipinski definition) is 1. The summed E-state index contributed by atoms with van der Waals surface area (Å²) in [6.07, 6.45) is -5.95. The molecule has 1 N–H and O–H groups in total. The quantitative estimate of drug-likeness (QED) is 0.581. The normalized spacial score (nSPS) is 32.7. The SMILES string of the molecule is [2H]C(C)(C)C([2H])([2H])C([2H])([2H])C([2H])([2H])O. The Balaban J connectivity index is 5.30. The first-order valence-corrected chi connectivity index (χ1v) is 1.97. The van der Waals surface area contributed by atoms with Gasteiger partial charge in [-0.1, -0.05) is 13.8 Å². The molecule has 0 bridgehead atoms. The Labute approximate surface area is 55.2 Å². The maximum atomic E-state index is 8.88. The fourth-order valence-electron chi connectivity index (χ4n) is 0.153. The van der Waals surface area contributed by atoms with E-state index in [-0.39, 0.29) is 0 Å². The average molecular weight is 109 g/mol. The van der Waals surface area contributed by atoms with Gasteiger partial charge >= 0.3 is 0 Å². The van der Waals surface area contributed by atoms with Crippen LogP contribution in [0.3, 0.4) is 0 Å². The molecule has 0 aromatic rings. The van der Waals surface area contributed by atoms with Crippen LogP contribution < -0.4 is 0 Å². The van der Waals surface area contributed by atoms with Gasteiger partial charge in [0.15, 0.2) is 0 Å². The minimum absolute atomic E-state index is 1.12. The summed E-state index contributed by atoms with van der Waals surface area (Å²) in [5, 5.41) is 8.88. The van der Waals surface area contributed by atoms with Gasteiger partial charge in [0.2, 0.25) is 0 Å². The van der Waals surface area contributed by atoms with Gasteiger partial charge < -0.3 is 5.11 Å².